The van der Waals surface area contributed by atoms with E-state index in [1.165, 1.54) is 0 Å². The van der Waals surface area contributed by atoms with E-state index in [0.717, 1.165) is 5.30 Å². The zero-order valence-electron chi connectivity index (χ0n) is 9.32. The van der Waals surface area contributed by atoms with E-state index in [9.17, 15) is 4.79 Å². The van der Waals surface area contributed by atoms with Gasteiger partial charge in [0, 0.05) is 0 Å². The van der Waals surface area contributed by atoms with Crippen LogP contribution in [0.2, 0.25) is 0 Å². The van der Waals surface area contributed by atoms with Gasteiger partial charge in [-0.25, -0.2) is 0 Å². The van der Waals surface area contributed by atoms with Gasteiger partial charge in [-0.05, 0) is 0 Å². The topological polar surface area (TPSA) is 26.3 Å². The average molecular weight is 281 g/mol. The van der Waals surface area contributed by atoms with Gasteiger partial charge in [0.25, 0.3) is 0 Å². The molecule has 1 rings (SSSR count). The quantitative estimate of drug-likeness (QED) is 0.622. The van der Waals surface area contributed by atoms with Gasteiger partial charge >= 0.3 is 105 Å². The first-order valence-corrected chi connectivity index (χ1v) is 9.50. The van der Waals surface area contributed by atoms with Crippen molar-refractivity contribution < 1.29 is 9.53 Å². The summed E-state index contributed by atoms with van der Waals surface area (Å²) in [5, 5.41) is 1.11. The van der Waals surface area contributed by atoms with E-state index in [0.29, 0.717) is 6.16 Å². The van der Waals surface area contributed by atoms with Crippen LogP contribution < -0.4 is 5.30 Å². The van der Waals surface area contributed by atoms with E-state index in [2.05, 4.69) is 0 Å². The molecule has 0 bridgehead atoms. The van der Waals surface area contributed by atoms with Crippen LogP contribution in [0.25, 0.3) is 0 Å². The van der Waals surface area contributed by atoms with Crippen molar-refractivity contribution in [1.29, 1.82) is 0 Å². The number of halogens is 2. The fourth-order valence-electron chi connectivity index (χ4n) is 1.41. The van der Waals surface area contributed by atoms with Crippen molar-refractivity contribution in [3.05, 3.63) is 30.3 Å². The van der Waals surface area contributed by atoms with Crippen LogP contribution in [0.15, 0.2) is 30.3 Å². The molecule has 5 heteroatoms. The van der Waals surface area contributed by atoms with Crippen LogP contribution in [0.3, 0.4) is 0 Å². The maximum absolute atomic E-state index is 10.5. The standard InChI is InChI=1S/C11H15Cl2O2P/c1-16(2,13,9-8-15-11(12)14)10-6-4-3-5-7-10/h3-7H,8-9H2,1-2H3. The zero-order chi connectivity index (χ0) is 12.3. The predicted molar refractivity (Wildman–Crippen MR) is 72.8 cm³/mol. The molecule has 0 unspecified atom stereocenters. The van der Waals surface area contributed by atoms with Crippen LogP contribution in [0.4, 0.5) is 4.79 Å². The van der Waals surface area contributed by atoms with Gasteiger partial charge in [0.2, 0.25) is 0 Å². The first-order chi connectivity index (χ1) is 7.30. The van der Waals surface area contributed by atoms with Crippen LogP contribution in [0.5, 0.6) is 0 Å². The first-order valence-electron chi connectivity index (χ1n) is 4.90. The summed E-state index contributed by atoms with van der Waals surface area (Å²) >= 11 is 11.8. The molecule has 0 N–H and O–H groups in total. The average Bonchev–Trinajstić information content (AvgIpc) is 2.17. The molecule has 1 aromatic carbocycles. The normalized spacial score (nSPS) is 13.9. The molecule has 0 aliphatic heterocycles. The first kappa shape index (κ1) is 13.8. The number of benzene rings is 1. The minimum absolute atomic E-state index is 0.256. The Morgan fingerprint density at radius 1 is 1.31 bits per heavy atom. The van der Waals surface area contributed by atoms with Crippen molar-refractivity contribution in [2.75, 3.05) is 26.1 Å². The van der Waals surface area contributed by atoms with Crippen LogP contribution in [-0.4, -0.2) is 31.5 Å². The molecule has 0 radical (unpaired) electrons. The van der Waals surface area contributed by atoms with Gasteiger partial charge in [-0.3, -0.25) is 0 Å². The molecule has 0 heterocycles. The summed E-state index contributed by atoms with van der Waals surface area (Å²) in [4.78, 5) is 10.5. The van der Waals surface area contributed by atoms with Crippen molar-refractivity contribution >= 4 is 39.5 Å². The number of carbonyl (C=O) groups is 1. The van der Waals surface area contributed by atoms with Crippen LogP contribution in [0, 0.1) is 0 Å². The van der Waals surface area contributed by atoms with Gasteiger partial charge in [-0.1, -0.05) is 0 Å². The maximum atomic E-state index is 10.5. The van der Waals surface area contributed by atoms with Crippen LogP contribution >= 0.6 is 28.8 Å². The zero-order valence-corrected chi connectivity index (χ0v) is 11.7. The van der Waals surface area contributed by atoms with Crippen molar-refractivity contribution in [3.8, 4) is 0 Å². The molecule has 0 aromatic heterocycles. The molecule has 16 heavy (non-hydrogen) atoms. The van der Waals surface area contributed by atoms with Crippen molar-refractivity contribution in [2.24, 2.45) is 0 Å². The van der Waals surface area contributed by atoms with Crippen molar-refractivity contribution in [3.63, 3.8) is 0 Å². The molecule has 1 aromatic rings. The van der Waals surface area contributed by atoms with E-state index in [4.69, 9.17) is 27.6 Å². The van der Waals surface area contributed by atoms with Crippen LogP contribution in [0.1, 0.15) is 0 Å². The van der Waals surface area contributed by atoms with E-state index >= 15 is 0 Å². The molecule has 0 amide bonds. The molecular weight excluding hydrogens is 266 g/mol. The summed E-state index contributed by atoms with van der Waals surface area (Å²) in [6, 6.07) is 9.88. The van der Waals surface area contributed by atoms with E-state index in [1.807, 2.05) is 43.7 Å². The van der Waals surface area contributed by atoms with E-state index in [-0.39, 0.29) is 6.61 Å². The van der Waals surface area contributed by atoms with Crippen LogP contribution in [-0.2, 0) is 4.74 Å². The third-order valence-electron chi connectivity index (χ3n) is 2.50. The number of ether oxygens (including phenoxy) is 1. The third-order valence-corrected chi connectivity index (χ3v) is 7.07. The molecule has 0 spiro atoms. The number of hydrogen-bond donors (Lipinski definition) is 0. The van der Waals surface area contributed by atoms with Gasteiger partial charge in [-0.2, -0.15) is 0 Å². The SMILES string of the molecule is CP(C)(Cl)(CCOC(=O)Cl)c1ccccc1. The summed E-state index contributed by atoms with van der Waals surface area (Å²) in [5.41, 5.74) is -0.781. The second kappa shape index (κ2) is 4.91. The third kappa shape index (κ3) is 3.93. The second-order valence-corrected chi connectivity index (χ2v) is 13.4. The Labute approximate surface area is 106 Å². The van der Waals surface area contributed by atoms with E-state index in [1.54, 1.807) is 0 Å². The predicted octanol–water partition coefficient (Wildman–Crippen LogP) is 3.65. The molecule has 0 fully saturated rings. The Kier molecular flexibility index (Phi) is 4.23. The fourth-order valence-corrected chi connectivity index (χ4v) is 3.99. The molecule has 0 saturated carbocycles. The van der Waals surface area contributed by atoms with Gasteiger partial charge in [0.05, 0.1) is 0 Å². The van der Waals surface area contributed by atoms with Gasteiger partial charge in [0.15, 0.2) is 0 Å². The summed E-state index contributed by atoms with van der Waals surface area (Å²) in [7, 11) is 0. The fraction of sp³-hybridized carbons (Fsp3) is 0.364. The van der Waals surface area contributed by atoms with E-state index < -0.39 is 11.4 Å². The molecule has 0 aliphatic rings. The minimum atomic E-state index is -2.48. The Morgan fingerprint density at radius 3 is 2.38 bits per heavy atom. The summed E-state index contributed by atoms with van der Waals surface area (Å²) in [5.74, 6) is -2.48. The number of rotatable bonds is 4. The van der Waals surface area contributed by atoms with Gasteiger partial charge < -0.3 is 0 Å². The Morgan fingerprint density at radius 2 is 1.88 bits per heavy atom. The molecule has 2 nitrogen and oxygen atoms in total. The Balaban J connectivity index is 2.77. The molecule has 0 saturated heterocycles. The Hall–Kier alpha value is -0.300. The molecule has 0 aliphatic carbocycles. The summed E-state index contributed by atoms with van der Waals surface area (Å²) in [6.07, 6.45) is 0.621. The van der Waals surface area contributed by atoms with Crippen molar-refractivity contribution in [1.82, 2.24) is 0 Å². The van der Waals surface area contributed by atoms with Gasteiger partial charge in [0.1, 0.15) is 0 Å². The summed E-state index contributed by atoms with van der Waals surface area (Å²) < 4.78 is 4.74. The second-order valence-electron chi connectivity index (χ2n) is 4.37. The van der Waals surface area contributed by atoms with Gasteiger partial charge in [-0.15, -0.1) is 0 Å². The monoisotopic (exact) mass is 280 g/mol. The Bertz CT molecular complexity index is 371. The summed E-state index contributed by atoms with van der Waals surface area (Å²) in [6.45, 7) is 4.32. The number of carbonyl (C=O) groups excluding carboxylic acids is 1. The molecule has 0 atom stereocenters. The molecular formula is C11H15Cl2O2P. The number of hydrogen-bond acceptors (Lipinski definition) is 2. The van der Waals surface area contributed by atoms with Crippen molar-refractivity contribution in [2.45, 2.75) is 0 Å². The molecule has 90 valence electrons.